The summed E-state index contributed by atoms with van der Waals surface area (Å²) >= 11 is 0. The molecule has 2 atom stereocenters. The minimum absolute atomic E-state index is 0.272. The molecule has 0 saturated heterocycles. The lowest BCUT2D eigenvalue weighted by molar-refractivity contribution is -0.147. The lowest BCUT2D eigenvalue weighted by atomic mass is 9.78. The van der Waals surface area contributed by atoms with E-state index in [2.05, 4.69) is 10.6 Å². The Kier molecular flexibility index (Phi) is 6.09. The number of aliphatic carboxylic acids is 1. The zero-order chi connectivity index (χ0) is 20.1. The van der Waals surface area contributed by atoms with Gasteiger partial charge < -0.3 is 15.7 Å². The summed E-state index contributed by atoms with van der Waals surface area (Å²) in [6, 6.07) is 14.1. The third-order valence-corrected chi connectivity index (χ3v) is 5.21. The van der Waals surface area contributed by atoms with Gasteiger partial charge in [-0.2, -0.15) is 0 Å². The Balaban J connectivity index is 1.70. The van der Waals surface area contributed by atoms with Crippen LogP contribution in [0.15, 0.2) is 48.5 Å². The summed E-state index contributed by atoms with van der Waals surface area (Å²) in [6.45, 7) is 1.91. The van der Waals surface area contributed by atoms with Crippen LogP contribution in [0, 0.1) is 18.8 Å². The fourth-order valence-electron chi connectivity index (χ4n) is 3.62. The van der Waals surface area contributed by atoms with Gasteiger partial charge in [0.15, 0.2) is 0 Å². The van der Waals surface area contributed by atoms with E-state index in [-0.39, 0.29) is 11.8 Å². The molecule has 3 N–H and O–H groups in total. The Morgan fingerprint density at radius 1 is 0.929 bits per heavy atom. The van der Waals surface area contributed by atoms with Gasteiger partial charge in [-0.15, -0.1) is 0 Å². The van der Waals surface area contributed by atoms with Gasteiger partial charge in [-0.05, 0) is 49.6 Å². The molecule has 1 aliphatic rings. The van der Waals surface area contributed by atoms with Crippen LogP contribution in [-0.4, -0.2) is 22.9 Å². The van der Waals surface area contributed by atoms with Gasteiger partial charge in [0.1, 0.15) is 0 Å². The van der Waals surface area contributed by atoms with E-state index in [4.69, 9.17) is 0 Å². The molecule has 6 heteroatoms. The van der Waals surface area contributed by atoms with Crippen molar-refractivity contribution in [3.05, 3.63) is 59.7 Å². The number of para-hydroxylation sites is 1. The van der Waals surface area contributed by atoms with Crippen molar-refractivity contribution in [3.8, 4) is 0 Å². The van der Waals surface area contributed by atoms with Crippen molar-refractivity contribution in [2.45, 2.75) is 32.6 Å². The minimum Gasteiger partial charge on any atom is -0.481 e. The highest BCUT2D eigenvalue weighted by atomic mass is 16.4. The number of hydrogen-bond donors (Lipinski definition) is 3. The third kappa shape index (κ3) is 4.57. The number of nitrogens with one attached hydrogen (secondary N) is 2. The van der Waals surface area contributed by atoms with E-state index in [9.17, 15) is 19.5 Å². The molecule has 28 heavy (non-hydrogen) atoms. The van der Waals surface area contributed by atoms with Crippen LogP contribution in [0.2, 0.25) is 0 Å². The number of carboxylic acids is 1. The lowest BCUT2D eigenvalue weighted by Gasteiger charge is -2.27. The molecule has 6 nitrogen and oxygen atoms in total. The predicted molar refractivity (Wildman–Crippen MR) is 107 cm³/mol. The van der Waals surface area contributed by atoms with Gasteiger partial charge in [0.2, 0.25) is 5.91 Å². The molecule has 0 aromatic heterocycles. The number of anilines is 2. The molecular weight excluding hydrogens is 356 g/mol. The van der Waals surface area contributed by atoms with Crippen LogP contribution >= 0.6 is 0 Å². The zero-order valence-corrected chi connectivity index (χ0v) is 15.8. The maximum absolute atomic E-state index is 12.6. The van der Waals surface area contributed by atoms with E-state index >= 15 is 0 Å². The van der Waals surface area contributed by atoms with Gasteiger partial charge in [-0.1, -0.05) is 37.1 Å². The van der Waals surface area contributed by atoms with E-state index in [1.165, 1.54) is 0 Å². The van der Waals surface area contributed by atoms with E-state index in [0.29, 0.717) is 24.1 Å². The molecule has 146 valence electrons. The van der Waals surface area contributed by atoms with Crippen molar-refractivity contribution in [2.75, 3.05) is 10.6 Å². The fourth-order valence-corrected chi connectivity index (χ4v) is 3.62. The Hall–Kier alpha value is -3.15. The minimum atomic E-state index is -0.925. The topological polar surface area (TPSA) is 95.5 Å². The third-order valence-electron chi connectivity index (χ3n) is 5.21. The number of amides is 2. The number of carbonyl (C=O) groups is 3. The SMILES string of the molecule is Cc1ccccc1NC(=O)c1cccc(NC(=O)C2CCCCC2C(=O)O)c1. The molecule has 0 bridgehead atoms. The summed E-state index contributed by atoms with van der Waals surface area (Å²) in [7, 11) is 0. The first-order valence-electron chi connectivity index (χ1n) is 9.46. The summed E-state index contributed by atoms with van der Waals surface area (Å²) in [4.78, 5) is 36.6. The highest BCUT2D eigenvalue weighted by Gasteiger charge is 2.35. The largest absolute Gasteiger partial charge is 0.481 e. The second-order valence-corrected chi connectivity index (χ2v) is 7.17. The molecule has 2 aromatic rings. The van der Waals surface area contributed by atoms with Crippen molar-refractivity contribution < 1.29 is 19.5 Å². The Morgan fingerprint density at radius 3 is 2.36 bits per heavy atom. The van der Waals surface area contributed by atoms with E-state index < -0.39 is 17.8 Å². The van der Waals surface area contributed by atoms with Gasteiger partial charge >= 0.3 is 5.97 Å². The zero-order valence-electron chi connectivity index (χ0n) is 15.8. The molecule has 1 fully saturated rings. The molecule has 0 spiro atoms. The second-order valence-electron chi connectivity index (χ2n) is 7.17. The quantitative estimate of drug-likeness (QED) is 0.728. The van der Waals surface area contributed by atoms with Gasteiger partial charge in [0.05, 0.1) is 11.8 Å². The standard InChI is InChI=1S/C22H24N2O4/c1-14-7-2-5-12-19(14)24-20(25)15-8-6-9-16(13-15)23-21(26)17-10-3-4-11-18(17)22(27)28/h2,5-9,12-13,17-18H,3-4,10-11H2,1H3,(H,23,26)(H,24,25)(H,27,28). The number of aryl methyl sites for hydroxylation is 1. The van der Waals surface area contributed by atoms with E-state index in [1.54, 1.807) is 24.3 Å². The predicted octanol–water partition coefficient (Wildman–Crippen LogP) is 4.08. The van der Waals surface area contributed by atoms with Crippen molar-refractivity contribution in [1.82, 2.24) is 0 Å². The number of carbonyl (C=O) groups excluding carboxylic acids is 2. The normalized spacial score (nSPS) is 18.9. The van der Waals surface area contributed by atoms with Gasteiger partial charge in [0, 0.05) is 16.9 Å². The van der Waals surface area contributed by atoms with Crippen LogP contribution in [0.5, 0.6) is 0 Å². The molecule has 2 amide bonds. The monoisotopic (exact) mass is 380 g/mol. The molecule has 0 radical (unpaired) electrons. The van der Waals surface area contributed by atoms with Crippen molar-refractivity contribution >= 4 is 29.2 Å². The second kappa shape index (κ2) is 8.69. The molecule has 3 rings (SSSR count). The van der Waals surface area contributed by atoms with Crippen molar-refractivity contribution in [3.63, 3.8) is 0 Å². The number of benzene rings is 2. The molecule has 1 saturated carbocycles. The Morgan fingerprint density at radius 2 is 1.64 bits per heavy atom. The van der Waals surface area contributed by atoms with Crippen molar-refractivity contribution in [2.24, 2.45) is 11.8 Å². The summed E-state index contributed by atoms with van der Waals surface area (Å²) in [5, 5.41) is 15.0. The molecule has 2 unspecified atom stereocenters. The maximum Gasteiger partial charge on any atom is 0.307 e. The van der Waals surface area contributed by atoms with Crippen LogP contribution in [0.4, 0.5) is 11.4 Å². The number of rotatable bonds is 5. The summed E-state index contributed by atoms with van der Waals surface area (Å²) in [5.41, 5.74) is 2.59. The van der Waals surface area contributed by atoms with Crippen LogP contribution in [-0.2, 0) is 9.59 Å². The highest BCUT2D eigenvalue weighted by Crippen LogP contribution is 2.31. The average molecular weight is 380 g/mol. The van der Waals surface area contributed by atoms with E-state index in [0.717, 1.165) is 24.1 Å². The molecule has 1 aliphatic carbocycles. The average Bonchev–Trinajstić information content (AvgIpc) is 2.70. The first-order valence-corrected chi connectivity index (χ1v) is 9.46. The summed E-state index contributed by atoms with van der Waals surface area (Å²) < 4.78 is 0. The van der Waals surface area contributed by atoms with Crippen LogP contribution < -0.4 is 10.6 Å². The van der Waals surface area contributed by atoms with Gasteiger partial charge in [-0.25, -0.2) is 0 Å². The van der Waals surface area contributed by atoms with Crippen LogP contribution in [0.3, 0.4) is 0 Å². The van der Waals surface area contributed by atoms with Crippen molar-refractivity contribution in [1.29, 1.82) is 0 Å². The first-order chi connectivity index (χ1) is 13.5. The molecule has 2 aromatic carbocycles. The van der Waals surface area contributed by atoms with Gasteiger partial charge in [0.25, 0.3) is 5.91 Å². The fraction of sp³-hybridized carbons (Fsp3) is 0.318. The number of hydrogen-bond acceptors (Lipinski definition) is 3. The Labute approximate surface area is 164 Å². The summed E-state index contributed by atoms with van der Waals surface area (Å²) in [6.07, 6.45) is 2.76. The molecule has 0 heterocycles. The Bertz CT molecular complexity index is 894. The van der Waals surface area contributed by atoms with Gasteiger partial charge in [-0.3, -0.25) is 14.4 Å². The van der Waals surface area contributed by atoms with Crippen LogP contribution in [0.1, 0.15) is 41.6 Å². The molecule has 0 aliphatic heterocycles. The maximum atomic E-state index is 12.6. The number of carboxylic acid groups (broad SMARTS) is 1. The first kappa shape index (κ1) is 19.6. The summed E-state index contributed by atoms with van der Waals surface area (Å²) in [5.74, 6) is -2.70. The lowest BCUT2D eigenvalue weighted by Crippen LogP contribution is -2.36. The highest BCUT2D eigenvalue weighted by molar-refractivity contribution is 6.05. The smallest absolute Gasteiger partial charge is 0.307 e. The molecular formula is C22H24N2O4. The van der Waals surface area contributed by atoms with Crippen LogP contribution in [0.25, 0.3) is 0 Å². The van der Waals surface area contributed by atoms with E-state index in [1.807, 2.05) is 31.2 Å².